The second kappa shape index (κ2) is 8.25. The van der Waals surface area contributed by atoms with Crippen LogP contribution in [0.15, 0.2) is 67.3 Å². The molecule has 0 aliphatic rings. The lowest BCUT2D eigenvalue weighted by Crippen LogP contribution is -1.97. The molecule has 3 nitrogen and oxygen atoms in total. The zero-order chi connectivity index (χ0) is 19.2. The first-order valence-electron chi connectivity index (χ1n) is 8.67. The minimum atomic E-state index is 0.601. The number of ether oxygens (including phenoxy) is 2. The molecule has 0 aliphatic carbocycles. The largest absolute Gasteiger partial charge is 0.493 e. The number of nitrogens with zero attached hydrogens (tertiary/aromatic N) is 1. The van der Waals surface area contributed by atoms with Gasteiger partial charge in [0.1, 0.15) is 0 Å². The van der Waals surface area contributed by atoms with E-state index in [9.17, 15) is 5.26 Å². The molecule has 0 aliphatic heterocycles. The number of nitriles is 1. The predicted octanol–water partition coefficient (Wildman–Crippen LogP) is 5.65. The summed E-state index contributed by atoms with van der Waals surface area (Å²) in [5, 5.41) is 12.0. The van der Waals surface area contributed by atoms with Gasteiger partial charge in [-0.05, 0) is 41.0 Å². The van der Waals surface area contributed by atoms with Crippen LogP contribution in [0.2, 0.25) is 0 Å². The minimum absolute atomic E-state index is 0.601. The summed E-state index contributed by atoms with van der Waals surface area (Å²) in [6, 6.07) is 20.3. The third-order valence-electron chi connectivity index (χ3n) is 4.45. The summed E-state index contributed by atoms with van der Waals surface area (Å²) < 4.78 is 11.0. The van der Waals surface area contributed by atoms with Gasteiger partial charge in [0.15, 0.2) is 11.5 Å². The number of benzene rings is 3. The SMILES string of the molecule is C=CCc1cc(/C=C(\C#N)c2cccc3ccccc23)cc(OC)c1OC. The normalized spacial score (nSPS) is 11.1. The van der Waals surface area contributed by atoms with Crippen molar-refractivity contribution in [1.29, 1.82) is 5.26 Å². The predicted molar refractivity (Wildman–Crippen MR) is 111 cm³/mol. The van der Waals surface area contributed by atoms with Gasteiger partial charge in [-0.1, -0.05) is 48.5 Å². The molecular formula is C24H21NO2. The Morgan fingerprint density at radius 2 is 1.85 bits per heavy atom. The summed E-state index contributed by atoms with van der Waals surface area (Å²) >= 11 is 0. The quantitative estimate of drug-likeness (QED) is 0.326. The molecule has 0 bridgehead atoms. The van der Waals surface area contributed by atoms with E-state index in [0.29, 0.717) is 23.5 Å². The molecule has 0 aromatic heterocycles. The molecule has 0 saturated heterocycles. The highest BCUT2D eigenvalue weighted by Crippen LogP contribution is 2.35. The highest BCUT2D eigenvalue weighted by atomic mass is 16.5. The van der Waals surface area contributed by atoms with Gasteiger partial charge in [0.25, 0.3) is 0 Å². The number of rotatable bonds is 6. The molecule has 0 saturated carbocycles. The van der Waals surface area contributed by atoms with E-state index < -0.39 is 0 Å². The summed E-state index contributed by atoms with van der Waals surface area (Å²) in [5.74, 6) is 1.33. The molecule has 3 aromatic rings. The van der Waals surface area contributed by atoms with E-state index in [4.69, 9.17) is 9.47 Å². The molecule has 0 spiro atoms. The fourth-order valence-corrected chi connectivity index (χ4v) is 3.25. The second-order valence-electron chi connectivity index (χ2n) is 6.10. The van der Waals surface area contributed by atoms with Crippen LogP contribution in [0.4, 0.5) is 0 Å². The van der Waals surface area contributed by atoms with Gasteiger partial charge in [-0.2, -0.15) is 5.26 Å². The van der Waals surface area contributed by atoms with Crippen molar-refractivity contribution in [1.82, 2.24) is 0 Å². The van der Waals surface area contributed by atoms with Crippen LogP contribution in [0, 0.1) is 11.3 Å². The van der Waals surface area contributed by atoms with Crippen LogP contribution in [0.25, 0.3) is 22.4 Å². The van der Waals surface area contributed by atoms with E-state index in [1.165, 1.54) is 0 Å². The first kappa shape index (κ1) is 18.3. The van der Waals surface area contributed by atoms with Crippen molar-refractivity contribution < 1.29 is 9.47 Å². The number of hydrogen-bond acceptors (Lipinski definition) is 3. The van der Waals surface area contributed by atoms with Crippen molar-refractivity contribution in [2.24, 2.45) is 0 Å². The van der Waals surface area contributed by atoms with Crippen LogP contribution in [0.1, 0.15) is 16.7 Å². The molecule has 0 heterocycles. The van der Waals surface area contributed by atoms with Gasteiger partial charge in [-0.15, -0.1) is 6.58 Å². The molecule has 27 heavy (non-hydrogen) atoms. The van der Waals surface area contributed by atoms with Gasteiger partial charge in [-0.25, -0.2) is 0 Å². The highest BCUT2D eigenvalue weighted by molar-refractivity contribution is 6.01. The van der Waals surface area contributed by atoms with Crippen molar-refractivity contribution in [3.8, 4) is 17.6 Å². The fourth-order valence-electron chi connectivity index (χ4n) is 3.25. The maximum absolute atomic E-state index is 9.81. The van der Waals surface area contributed by atoms with Crippen LogP contribution in [-0.4, -0.2) is 14.2 Å². The standard InChI is InChI=1S/C24H21NO2/c1-4-8-19-13-17(15-23(26-2)24(19)27-3)14-20(16-25)22-12-7-10-18-9-5-6-11-21(18)22/h4-7,9-15H,1,8H2,2-3H3/b20-14+. The maximum atomic E-state index is 9.81. The number of allylic oxidation sites excluding steroid dienone is 2. The molecule has 0 unspecified atom stereocenters. The minimum Gasteiger partial charge on any atom is -0.493 e. The van der Waals surface area contributed by atoms with Crippen LogP contribution >= 0.6 is 0 Å². The van der Waals surface area contributed by atoms with Crippen molar-refractivity contribution in [2.75, 3.05) is 14.2 Å². The van der Waals surface area contributed by atoms with Crippen molar-refractivity contribution in [3.63, 3.8) is 0 Å². The average molecular weight is 355 g/mol. The zero-order valence-corrected chi connectivity index (χ0v) is 15.5. The van der Waals surface area contributed by atoms with E-state index in [1.54, 1.807) is 14.2 Å². The highest BCUT2D eigenvalue weighted by Gasteiger charge is 2.12. The summed E-state index contributed by atoms with van der Waals surface area (Å²) in [7, 11) is 3.23. The summed E-state index contributed by atoms with van der Waals surface area (Å²) in [6.07, 6.45) is 4.36. The molecule has 3 rings (SSSR count). The Morgan fingerprint density at radius 3 is 2.56 bits per heavy atom. The fraction of sp³-hybridized carbons (Fsp3) is 0.125. The van der Waals surface area contributed by atoms with E-state index >= 15 is 0 Å². The molecule has 3 heteroatoms. The van der Waals surface area contributed by atoms with Gasteiger partial charge in [0.2, 0.25) is 0 Å². The number of methoxy groups -OCH3 is 2. The van der Waals surface area contributed by atoms with E-state index in [-0.39, 0.29) is 0 Å². The monoisotopic (exact) mass is 355 g/mol. The van der Waals surface area contributed by atoms with Gasteiger partial charge in [-0.3, -0.25) is 0 Å². The van der Waals surface area contributed by atoms with Crippen LogP contribution in [0.3, 0.4) is 0 Å². The van der Waals surface area contributed by atoms with Gasteiger partial charge in [0, 0.05) is 11.1 Å². The topological polar surface area (TPSA) is 42.2 Å². The Kier molecular flexibility index (Phi) is 5.58. The van der Waals surface area contributed by atoms with E-state index in [1.807, 2.05) is 66.7 Å². The lowest BCUT2D eigenvalue weighted by molar-refractivity contribution is 0.352. The third kappa shape index (κ3) is 3.70. The molecule has 134 valence electrons. The Balaban J connectivity index is 2.17. The molecule has 0 fully saturated rings. The number of fused-ring (bicyclic) bond motifs is 1. The number of hydrogen-bond donors (Lipinski definition) is 0. The van der Waals surface area contributed by atoms with Gasteiger partial charge >= 0.3 is 0 Å². The first-order chi connectivity index (χ1) is 13.2. The Morgan fingerprint density at radius 1 is 1.07 bits per heavy atom. The first-order valence-corrected chi connectivity index (χ1v) is 8.67. The van der Waals surface area contributed by atoms with Crippen molar-refractivity contribution in [3.05, 3.63) is 83.9 Å². The van der Waals surface area contributed by atoms with Crippen LogP contribution in [-0.2, 0) is 6.42 Å². The molecule has 0 atom stereocenters. The van der Waals surface area contributed by atoms with Crippen molar-refractivity contribution in [2.45, 2.75) is 6.42 Å². The van der Waals surface area contributed by atoms with Crippen LogP contribution < -0.4 is 9.47 Å². The van der Waals surface area contributed by atoms with E-state index in [0.717, 1.165) is 27.5 Å². The Bertz CT molecular complexity index is 1050. The molecule has 0 N–H and O–H groups in total. The molecule has 0 radical (unpaired) electrons. The average Bonchev–Trinajstić information content (AvgIpc) is 2.71. The van der Waals surface area contributed by atoms with Gasteiger partial charge < -0.3 is 9.47 Å². The molecular weight excluding hydrogens is 334 g/mol. The van der Waals surface area contributed by atoms with E-state index in [2.05, 4.69) is 12.6 Å². The summed E-state index contributed by atoms with van der Waals surface area (Å²) in [4.78, 5) is 0. The summed E-state index contributed by atoms with van der Waals surface area (Å²) in [5.41, 5.74) is 3.36. The summed E-state index contributed by atoms with van der Waals surface area (Å²) in [6.45, 7) is 3.81. The third-order valence-corrected chi connectivity index (χ3v) is 4.45. The maximum Gasteiger partial charge on any atom is 0.164 e. The van der Waals surface area contributed by atoms with Crippen molar-refractivity contribution >= 4 is 22.4 Å². The van der Waals surface area contributed by atoms with Gasteiger partial charge in [0.05, 0.1) is 25.9 Å². The molecule has 3 aromatic carbocycles. The zero-order valence-electron chi connectivity index (χ0n) is 15.5. The lowest BCUT2D eigenvalue weighted by atomic mass is 9.96. The Labute approximate surface area is 159 Å². The van der Waals surface area contributed by atoms with Crippen LogP contribution in [0.5, 0.6) is 11.5 Å². The second-order valence-corrected chi connectivity index (χ2v) is 6.10. The lowest BCUT2D eigenvalue weighted by Gasteiger charge is -2.13. The molecule has 0 amide bonds. The smallest absolute Gasteiger partial charge is 0.164 e. The Hall–Kier alpha value is -3.51.